The maximum atomic E-state index is 12.1. The fourth-order valence-electron chi connectivity index (χ4n) is 2.43. The van der Waals surface area contributed by atoms with Crippen molar-refractivity contribution in [3.63, 3.8) is 0 Å². The summed E-state index contributed by atoms with van der Waals surface area (Å²) in [7, 11) is 1.46. The van der Waals surface area contributed by atoms with Crippen LogP contribution < -0.4 is 16.0 Å². The Morgan fingerprint density at radius 3 is 2.20 bits per heavy atom. The van der Waals surface area contributed by atoms with Gasteiger partial charge in [0.15, 0.2) is 0 Å². The maximum Gasteiger partial charge on any atom is 0.321 e. The summed E-state index contributed by atoms with van der Waals surface area (Å²) < 4.78 is 0. The van der Waals surface area contributed by atoms with E-state index in [9.17, 15) is 14.4 Å². The number of benzene rings is 1. The number of amides is 4. The topological polar surface area (TPSA) is 87.3 Å². The van der Waals surface area contributed by atoms with E-state index in [2.05, 4.69) is 28.1 Å². The van der Waals surface area contributed by atoms with Gasteiger partial charge in [0.25, 0.3) is 0 Å². The van der Waals surface area contributed by atoms with Gasteiger partial charge in [0, 0.05) is 31.3 Å². The molecule has 1 aromatic carbocycles. The Bertz CT molecular complexity index is 609. The summed E-state index contributed by atoms with van der Waals surface area (Å²) in [6.07, 6.45) is 1.48. The number of thioether (sulfide) groups is 1. The normalized spacial score (nSPS) is 10.2. The number of nitrogens with one attached hydrogen (secondary N) is 3. The number of carbonyl (C=O) groups is 3. The third-order valence-electron chi connectivity index (χ3n) is 3.59. The molecule has 0 spiro atoms. The summed E-state index contributed by atoms with van der Waals surface area (Å²) in [6.45, 7) is 6.03. The monoisotopic (exact) mass is 365 g/mol. The first-order chi connectivity index (χ1) is 11.8. The smallest absolute Gasteiger partial charge is 0.321 e. The zero-order chi connectivity index (χ0) is 18.8. The van der Waals surface area contributed by atoms with Crippen LogP contribution in [-0.2, 0) is 9.59 Å². The SMILES string of the molecule is CNC(=O)NC(=O)CCSCCCC(=O)Nc1c(C)cc(C)cc1C. The highest BCUT2D eigenvalue weighted by Gasteiger charge is 2.09. The third kappa shape index (κ3) is 8.07. The molecule has 0 saturated carbocycles. The highest BCUT2D eigenvalue weighted by Crippen LogP contribution is 2.22. The van der Waals surface area contributed by atoms with E-state index in [0.717, 1.165) is 29.0 Å². The van der Waals surface area contributed by atoms with Gasteiger partial charge < -0.3 is 10.6 Å². The second kappa shape index (κ2) is 10.8. The third-order valence-corrected chi connectivity index (χ3v) is 4.66. The Balaban J connectivity index is 2.21. The molecule has 4 amide bonds. The van der Waals surface area contributed by atoms with Crippen LogP contribution in [0.4, 0.5) is 10.5 Å². The van der Waals surface area contributed by atoms with Crippen LogP contribution in [0.3, 0.4) is 0 Å². The number of aryl methyl sites for hydroxylation is 3. The van der Waals surface area contributed by atoms with Gasteiger partial charge in [0.2, 0.25) is 11.8 Å². The quantitative estimate of drug-likeness (QED) is 0.618. The maximum absolute atomic E-state index is 12.1. The van der Waals surface area contributed by atoms with Crippen LogP contribution in [-0.4, -0.2) is 36.4 Å². The van der Waals surface area contributed by atoms with Gasteiger partial charge in [-0.2, -0.15) is 11.8 Å². The van der Waals surface area contributed by atoms with Crippen molar-refractivity contribution in [2.75, 3.05) is 23.9 Å². The molecule has 1 rings (SSSR count). The van der Waals surface area contributed by atoms with E-state index in [0.29, 0.717) is 12.2 Å². The van der Waals surface area contributed by atoms with Crippen LogP contribution in [0.15, 0.2) is 12.1 Å². The number of urea groups is 1. The molecule has 7 heteroatoms. The molecule has 0 aliphatic heterocycles. The van der Waals surface area contributed by atoms with Crippen LogP contribution in [0.2, 0.25) is 0 Å². The van der Waals surface area contributed by atoms with E-state index in [-0.39, 0.29) is 18.2 Å². The summed E-state index contributed by atoms with van der Waals surface area (Å²) in [5.74, 6) is 1.13. The largest absolute Gasteiger partial charge is 0.341 e. The van der Waals surface area contributed by atoms with Gasteiger partial charge in [-0.3, -0.25) is 14.9 Å². The fourth-order valence-corrected chi connectivity index (χ4v) is 3.31. The van der Waals surface area contributed by atoms with Gasteiger partial charge >= 0.3 is 6.03 Å². The van der Waals surface area contributed by atoms with Crippen molar-refractivity contribution in [1.29, 1.82) is 0 Å². The summed E-state index contributed by atoms with van der Waals surface area (Å²) in [5.41, 5.74) is 4.23. The molecule has 6 nitrogen and oxygen atoms in total. The molecule has 0 aromatic heterocycles. The minimum Gasteiger partial charge on any atom is -0.341 e. The van der Waals surface area contributed by atoms with Crippen molar-refractivity contribution in [1.82, 2.24) is 10.6 Å². The highest BCUT2D eigenvalue weighted by atomic mass is 32.2. The number of rotatable bonds is 8. The van der Waals surface area contributed by atoms with Crippen molar-refractivity contribution in [3.8, 4) is 0 Å². The number of carbonyl (C=O) groups excluding carboxylic acids is 3. The summed E-state index contributed by atoms with van der Waals surface area (Å²) in [5, 5.41) is 7.53. The number of hydrogen-bond acceptors (Lipinski definition) is 4. The molecular weight excluding hydrogens is 338 g/mol. The van der Waals surface area contributed by atoms with Crippen molar-refractivity contribution in [2.24, 2.45) is 0 Å². The van der Waals surface area contributed by atoms with E-state index >= 15 is 0 Å². The molecule has 0 saturated heterocycles. The van der Waals surface area contributed by atoms with Crippen LogP contribution in [0.25, 0.3) is 0 Å². The Morgan fingerprint density at radius 1 is 0.960 bits per heavy atom. The zero-order valence-corrected chi connectivity index (χ0v) is 16.1. The van der Waals surface area contributed by atoms with Crippen molar-refractivity contribution >= 4 is 35.3 Å². The van der Waals surface area contributed by atoms with Crippen molar-refractivity contribution < 1.29 is 14.4 Å². The van der Waals surface area contributed by atoms with Crippen LogP contribution >= 0.6 is 11.8 Å². The first-order valence-corrected chi connectivity index (χ1v) is 9.46. The standard InChI is InChI=1S/C18H27N3O3S/c1-12-10-13(2)17(14(3)11-12)20-15(22)6-5-8-25-9-7-16(23)21-18(24)19-4/h10-11H,5-9H2,1-4H3,(H,20,22)(H2,19,21,23,24). The number of imide groups is 1. The van der Waals surface area contributed by atoms with Gasteiger partial charge in [-0.15, -0.1) is 0 Å². The predicted molar refractivity (Wildman–Crippen MR) is 103 cm³/mol. The van der Waals surface area contributed by atoms with Crippen LogP contribution in [0, 0.1) is 20.8 Å². The number of hydrogen-bond donors (Lipinski definition) is 3. The molecule has 0 atom stereocenters. The minimum atomic E-state index is -0.492. The molecule has 0 radical (unpaired) electrons. The van der Waals surface area contributed by atoms with Gasteiger partial charge in [-0.05, 0) is 44.1 Å². The molecule has 0 fully saturated rings. The molecule has 25 heavy (non-hydrogen) atoms. The van der Waals surface area contributed by atoms with Crippen LogP contribution in [0.5, 0.6) is 0 Å². The summed E-state index contributed by atoms with van der Waals surface area (Å²) in [6, 6.07) is 3.62. The lowest BCUT2D eigenvalue weighted by atomic mass is 10.0. The van der Waals surface area contributed by atoms with Gasteiger partial charge in [0.1, 0.15) is 0 Å². The van der Waals surface area contributed by atoms with Gasteiger partial charge in [0.05, 0.1) is 0 Å². The lowest BCUT2D eigenvalue weighted by Crippen LogP contribution is -2.37. The molecule has 1 aromatic rings. The lowest BCUT2D eigenvalue weighted by molar-refractivity contribution is -0.119. The number of anilines is 1. The van der Waals surface area contributed by atoms with E-state index in [4.69, 9.17) is 0 Å². The Morgan fingerprint density at radius 2 is 1.60 bits per heavy atom. The van der Waals surface area contributed by atoms with Crippen molar-refractivity contribution in [3.05, 3.63) is 28.8 Å². The van der Waals surface area contributed by atoms with Crippen molar-refractivity contribution in [2.45, 2.75) is 40.0 Å². The average molecular weight is 365 g/mol. The van der Waals surface area contributed by atoms with E-state index in [1.807, 2.05) is 20.8 Å². The first-order valence-electron chi connectivity index (χ1n) is 8.30. The summed E-state index contributed by atoms with van der Waals surface area (Å²) in [4.78, 5) is 34.4. The average Bonchev–Trinajstić information content (AvgIpc) is 2.53. The summed E-state index contributed by atoms with van der Waals surface area (Å²) >= 11 is 1.60. The van der Waals surface area contributed by atoms with E-state index in [1.165, 1.54) is 12.6 Å². The van der Waals surface area contributed by atoms with Gasteiger partial charge in [-0.25, -0.2) is 4.79 Å². The van der Waals surface area contributed by atoms with Gasteiger partial charge in [-0.1, -0.05) is 17.7 Å². The van der Waals surface area contributed by atoms with Crippen LogP contribution in [0.1, 0.15) is 36.0 Å². The fraction of sp³-hybridized carbons (Fsp3) is 0.500. The Kier molecular flexibility index (Phi) is 9.05. The Labute approximate surface area is 153 Å². The molecule has 138 valence electrons. The molecule has 0 bridgehead atoms. The second-order valence-electron chi connectivity index (χ2n) is 5.92. The minimum absolute atomic E-state index is 0.00742. The molecule has 0 heterocycles. The highest BCUT2D eigenvalue weighted by molar-refractivity contribution is 7.99. The molecular formula is C18H27N3O3S. The first kappa shape index (κ1) is 21.0. The second-order valence-corrected chi connectivity index (χ2v) is 7.14. The molecule has 3 N–H and O–H groups in total. The van der Waals surface area contributed by atoms with E-state index in [1.54, 1.807) is 11.8 Å². The molecule has 0 aliphatic carbocycles. The molecule has 0 aliphatic rings. The predicted octanol–water partition coefficient (Wildman–Crippen LogP) is 2.91. The lowest BCUT2D eigenvalue weighted by Gasteiger charge is -2.12. The Hall–Kier alpha value is -2.02. The zero-order valence-electron chi connectivity index (χ0n) is 15.3. The van der Waals surface area contributed by atoms with E-state index < -0.39 is 6.03 Å². The molecule has 0 unspecified atom stereocenters.